The molecule has 1 aliphatic rings. The van der Waals surface area contributed by atoms with E-state index in [1.165, 1.54) is 38.5 Å². The Bertz CT molecular complexity index is 594. The van der Waals surface area contributed by atoms with Gasteiger partial charge in [-0.1, -0.05) is 46.5 Å². The molecule has 0 unspecified atom stereocenters. The molecule has 5 nitrogen and oxygen atoms in total. The highest BCUT2D eigenvalue weighted by Gasteiger charge is 2.28. The van der Waals surface area contributed by atoms with Crippen molar-refractivity contribution in [1.82, 2.24) is 20.0 Å². The second kappa shape index (κ2) is 4.79. The summed E-state index contributed by atoms with van der Waals surface area (Å²) in [5.74, 6) is 0.643. The lowest BCUT2D eigenvalue weighted by atomic mass is 9.91. The van der Waals surface area contributed by atoms with Crippen molar-refractivity contribution >= 4 is 16.9 Å². The van der Waals surface area contributed by atoms with Gasteiger partial charge in [0.15, 0.2) is 5.65 Å². The van der Waals surface area contributed by atoms with E-state index >= 15 is 0 Å². The van der Waals surface area contributed by atoms with E-state index in [4.69, 9.17) is 10.8 Å². The van der Waals surface area contributed by atoms with Gasteiger partial charge < -0.3 is 5.73 Å². The standard InChI is InChI=1S/C15H25N5/c1-15(2,3)12-11-13(16)17-18-14(11)20(19-12)10-8-6-4-5-7-9-10/h10H,4-9H2,1-3H3,(H3,16,17,18). The molecular weight excluding hydrogens is 250 g/mol. The smallest absolute Gasteiger partial charge is 0.182 e. The van der Waals surface area contributed by atoms with Crippen molar-refractivity contribution in [3.8, 4) is 0 Å². The predicted molar refractivity (Wildman–Crippen MR) is 81.7 cm³/mol. The van der Waals surface area contributed by atoms with Crippen LogP contribution in [0.3, 0.4) is 0 Å². The van der Waals surface area contributed by atoms with Gasteiger partial charge in [-0.05, 0) is 12.8 Å². The van der Waals surface area contributed by atoms with Crippen molar-refractivity contribution in [3.63, 3.8) is 0 Å². The number of rotatable bonds is 1. The molecule has 110 valence electrons. The van der Waals surface area contributed by atoms with Crippen molar-refractivity contribution in [2.24, 2.45) is 0 Å². The van der Waals surface area contributed by atoms with Gasteiger partial charge in [-0.2, -0.15) is 10.2 Å². The van der Waals surface area contributed by atoms with E-state index in [1.54, 1.807) is 0 Å². The Hall–Kier alpha value is -1.52. The van der Waals surface area contributed by atoms with Crippen LogP contribution in [-0.2, 0) is 5.41 Å². The lowest BCUT2D eigenvalue weighted by molar-refractivity contribution is 0.404. The summed E-state index contributed by atoms with van der Waals surface area (Å²) in [6, 6.07) is 0.471. The van der Waals surface area contributed by atoms with Crippen LogP contribution < -0.4 is 5.73 Å². The Morgan fingerprint density at radius 2 is 1.80 bits per heavy atom. The minimum absolute atomic E-state index is 0.0216. The maximum absolute atomic E-state index is 6.08. The molecule has 2 aromatic heterocycles. The number of nitrogens with zero attached hydrogens (tertiary/aromatic N) is 3. The molecule has 0 saturated heterocycles. The molecule has 1 aliphatic carbocycles. The molecule has 0 aliphatic heterocycles. The molecule has 0 atom stereocenters. The summed E-state index contributed by atoms with van der Waals surface area (Å²) in [5, 5.41) is 13.3. The molecule has 2 aromatic rings. The van der Waals surface area contributed by atoms with E-state index < -0.39 is 0 Å². The molecule has 20 heavy (non-hydrogen) atoms. The first kappa shape index (κ1) is 13.5. The lowest BCUT2D eigenvalue weighted by Gasteiger charge is -2.17. The molecule has 1 saturated carbocycles. The summed E-state index contributed by atoms with van der Waals surface area (Å²) in [6.45, 7) is 6.54. The summed E-state index contributed by atoms with van der Waals surface area (Å²) >= 11 is 0. The minimum atomic E-state index is -0.0216. The second-order valence-electron chi connectivity index (χ2n) is 7.02. The Morgan fingerprint density at radius 3 is 2.40 bits per heavy atom. The summed E-state index contributed by atoms with van der Waals surface area (Å²) < 4.78 is 2.13. The van der Waals surface area contributed by atoms with Gasteiger partial charge in [0.05, 0.1) is 17.1 Å². The number of hydrogen-bond donors (Lipinski definition) is 2. The van der Waals surface area contributed by atoms with E-state index in [-0.39, 0.29) is 5.41 Å². The number of nitrogen functional groups attached to an aromatic ring is 1. The summed E-state index contributed by atoms with van der Waals surface area (Å²) in [7, 11) is 0. The molecule has 5 heteroatoms. The molecule has 2 heterocycles. The van der Waals surface area contributed by atoms with Crippen LogP contribution in [0.4, 0.5) is 5.82 Å². The summed E-state index contributed by atoms with van der Waals surface area (Å²) in [6.07, 6.45) is 7.67. The molecule has 1 fully saturated rings. The molecular formula is C15H25N5. The second-order valence-corrected chi connectivity index (χ2v) is 7.02. The number of fused-ring (bicyclic) bond motifs is 1. The van der Waals surface area contributed by atoms with E-state index in [9.17, 15) is 0 Å². The topological polar surface area (TPSA) is 72.5 Å². The first-order valence-corrected chi connectivity index (χ1v) is 7.71. The molecule has 3 N–H and O–H groups in total. The Labute approximate surface area is 119 Å². The van der Waals surface area contributed by atoms with Gasteiger partial charge in [0.2, 0.25) is 0 Å². The van der Waals surface area contributed by atoms with Crippen LogP contribution in [0.25, 0.3) is 11.0 Å². The molecule has 3 rings (SSSR count). The normalized spacial score (nSPS) is 18.6. The van der Waals surface area contributed by atoms with Gasteiger partial charge >= 0.3 is 0 Å². The fraction of sp³-hybridized carbons (Fsp3) is 0.733. The lowest BCUT2D eigenvalue weighted by Crippen LogP contribution is -2.16. The van der Waals surface area contributed by atoms with Crippen molar-refractivity contribution in [2.75, 3.05) is 5.73 Å². The van der Waals surface area contributed by atoms with E-state index in [0.717, 1.165) is 16.7 Å². The van der Waals surface area contributed by atoms with E-state index in [2.05, 4.69) is 35.7 Å². The maximum Gasteiger partial charge on any atom is 0.182 e. The largest absolute Gasteiger partial charge is 0.383 e. The van der Waals surface area contributed by atoms with Gasteiger partial charge in [-0.25, -0.2) is 4.68 Å². The summed E-state index contributed by atoms with van der Waals surface area (Å²) in [4.78, 5) is 0. The molecule has 0 aromatic carbocycles. The van der Waals surface area contributed by atoms with E-state index in [1.807, 2.05) is 0 Å². The van der Waals surface area contributed by atoms with Gasteiger partial charge in [0, 0.05) is 5.41 Å². The minimum Gasteiger partial charge on any atom is -0.383 e. The average Bonchev–Trinajstić information content (AvgIpc) is 2.80. The van der Waals surface area contributed by atoms with Crippen LogP contribution in [0, 0.1) is 0 Å². The van der Waals surface area contributed by atoms with Crippen molar-refractivity contribution in [1.29, 1.82) is 0 Å². The van der Waals surface area contributed by atoms with Gasteiger partial charge in [0.25, 0.3) is 0 Å². The van der Waals surface area contributed by atoms with Crippen LogP contribution in [0.5, 0.6) is 0 Å². The van der Waals surface area contributed by atoms with Gasteiger partial charge in [-0.3, -0.25) is 5.10 Å². The van der Waals surface area contributed by atoms with E-state index in [0.29, 0.717) is 11.9 Å². The van der Waals surface area contributed by atoms with Crippen molar-refractivity contribution < 1.29 is 0 Å². The van der Waals surface area contributed by atoms with Crippen LogP contribution >= 0.6 is 0 Å². The molecule has 0 bridgehead atoms. The molecule has 0 spiro atoms. The Balaban J connectivity index is 2.11. The number of nitrogens with one attached hydrogen (secondary N) is 1. The average molecular weight is 275 g/mol. The van der Waals surface area contributed by atoms with Gasteiger partial charge in [-0.15, -0.1) is 0 Å². The Kier molecular flexibility index (Phi) is 3.22. The van der Waals surface area contributed by atoms with Crippen molar-refractivity contribution in [3.05, 3.63) is 5.69 Å². The first-order chi connectivity index (χ1) is 9.48. The molecule has 0 amide bonds. The number of nitrogens with two attached hydrogens (primary N) is 1. The van der Waals surface area contributed by atoms with Crippen LogP contribution in [-0.4, -0.2) is 20.0 Å². The van der Waals surface area contributed by atoms with Crippen LogP contribution in [0.15, 0.2) is 0 Å². The summed E-state index contributed by atoms with van der Waals surface area (Å²) in [5.41, 5.74) is 8.04. The van der Waals surface area contributed by atoms with Crippen molar-refractivity contribution in [2.45, 2.75) is 70.8 Å². The fourth-order valence-corrected chi connectivity index (χ4v) is 3.23. The predicted octanol–water partition coefficient (Wildman–Crippen LogP) is 3.53. The number of anilines is 1. The fourth-order valence-electron chi connectivity index (χ4n) is 3.23. The third kappa shape index (κ3) is 2.19. The van der Waals surface area contributed by atoms with Crippen LogP contribution in [0.1, 0.15) is 71.0 Å². The van der Waals surface area contributed by atoms with Gasteiger partial charge in [0.1, 0.15) is 5.82 Å². The highest BCUT2D eigenvalue weighted by Crippen LogP contribution is 2.35. The third-order valence-electron chi connectivity index (χ3n) is 4.32. The SMILES string of the molecule is CC(C)(C)c1nn(C2CCCCCC2)c2n[nH]c(N)c12. The number of aromatic nitrogens is 4. The quantitative estimate of drug-likeness (QED) is 0.782. The number of hydrogen-bond acceptors (Lipinski definition) is 3. The maximum atomic E-state index is 6.08. The van der Waals surface area contributed by atoms with Crippen LogP contribution in [0.2, 0.25) is 0 Å². The highest BCUT2D eigenvalue weighted by molar-refractivity contribution is 5.89. The Morgan fingerprint density at radius 1 is 1.15 bits per heavy atom. The molecule has 0 radical (unpaired) electrons. The zero-order valence-electron chi connectivity index (χ0n) is 12.7. The monoisotopic (exact) mass is 275 g/mol. The highest BCUT2D eigenvalue weighted by atomic mass is 15.4. The zero-order chi connectivity index (χ0) is 14.3. The number of aromatic amines is 1. The number of H-pyrrole nitrogens is 1. The first-order valence-electron chi connectivity index (χ1n) is 7.71. The zero-order valence-corrected chi connectivity index (χ0v) is 12.7. The third-order valence-corrected chi connectivity index (χ3v) is 4.32.